The molecule has 1 heterocycles. The molecule has 17 heavy (non-hydrogen) atoms. The van der Waals surface area contributed by atoms with E-state index in [1.54, 1.807) is 0 Å². The monoisotopic (exact) mass is 236 g/mol. The average Bonchev–Trinajstić information content (AvgIpc) is 2.18. The molecule has 0 aliphatic rings. The third-order valence-corrected chi connectivity index (χ3v) is 2.35. The lowest BCUT2D eigenvalue weighted by molar-refractivity contribution is 0.417. The highest BCUT2D eigenvalue weighted by molar-refractivity contribution is 5.48. The number of aryl methyl sites for hydroxylation is 1. The van der Waals surface area contributed by atoms with E-state index in [-0.39, 0.29) is 5.41 Å². The molecule has 0 amide bonds. The zero-order chi connectivity index (χ0) is 13.1. The van der Waals surface area contributed by atoms with Crippen LogP contribution >= 0.6 is 0 Å². The van der Waals surface area contributed by atoms with Crippen LogP contribution in [0, 0.1) is 12.3 Å². The normalized spacial score (nSPS) is 11.4. The van der Waals surface area contributed by atoms with Gasteiger partial charge in [-0.25, -0.2) is 4.98 Å². The Kier molecular flexibility index (Phi) is 4.32. The van der Waals surface area contributed by atoms with Crippen molar-refractivity contribution in [1.29, 1.82) is 0 Å². The van der Waals surface area contributed by atoms with Gasteiger partial charge in [-0.3, -0.25) is 0 Å². The summed E-state index contributed by atoms with van der Waals surface area (Å²) in [6.07, 6.45) is 1.87. The predicted molar refractivity (Wildman–Crippen MR) is 73.7 cm³/mol. The Bertz CT molecular complexity index is 368. The van der Waals surface area contributed by atoms with E-state index in [1.807, 2.05) is 20.0 Å². The van der Waals surface area contributed by atoms with E-state index in [0.717, 1.165) is 24.5 Å². The molecule has 0 saturated carbocycles. The van der Waals surface area contributed by atoms with Crippen LogP contribution in [-0.4, -0.2) is 30.1 Å². The maximum Gasteiger partial charge on any atom is 0.224 e. The molecule has 0 radical (unpaired) electrons. The molecule has 1 aromatic heterocycles. The molecule has 4 nitrogen and oxygen atoms in total. The van der Waals surface area contributed by atoms with Crippen LogP contribution in [0.1, 0.15) is 33.3 Å². The summed E-state index contributed by atoms with van der Waals surface area (Å²) in [7, 11) is 2.08. The second kappa shape index (κ2) is 5.34. The molecule has 0 atom stereocenters. The lowest BCUT2D eigenvalue weighted by Crippen LogP contribution is -2.30. The Labute approximate surface area is 104 Å². The number of nitrogens with zero attached hydrogens (tertiary/aromatic N) is 3. The van der Waals surface area contributed by atoms with Crippen LogP contribution < -0.4 is 10.2 Å². The average molecular weight is 236 g/mol. The topological polar surface area (TPSA) is 41.1 Å². The van der Waals surface area contributed by atoms with Crippen molar-refractivity contribution < 1.29 is 0 Å². The molecule has 1 rings (SSSR count). The van der Waals surface area contributed by atoms with Gasteiger partial charge < -0.3 is 10.2 Å². The van der Waals surface area contributed by atoms with Crippen molar-refractivity contribution in [2.75, 3.05) is 30.4 Å². The summed E-state index contributed by atoms with van der Waals surface area (Å²) in [4.78, 5) is 11.0. The fourth-order valence-corrected chi connectivity index (χ4v) is 1.85. The van der Waals surface area contributed by atoms with Crippen molar-refractivity contribution in [3.05, 3.63) is 11.8 Å². The van der Waals surface area contributed by atoms with Crippen molar-refractivity contribution >= 4 is 11.8 Å². The lowest BCUT2D eigenvalue weighted by Gasteiger charge is -2.28. The number of hydrogen-bond donors (Lipinski definition) is 1. The number of anilines is 2. The summed E-state index contributed by atoms with van der Waals surface area (Å²) in [5.41, 5.74) is 1.36. The van der Waals surface area contributed by atoms with Gasteiger partial charge in [-0.1, -0.05) is 20.8 Å². The Morgan fingerprint density at radius 1 is 1.35 bits per heavy atom. The molecular formula is C13H24N4. The molecule has 1 N–H and O–H groups in total. The van der Waals surface area contributed by atoms with E-state index < -0.39 is 0 Å². The summed E-state index contributed by atoms with van der Waals surface area (Å²) in [5.74, 6) is 1.71. The van der Waals surface area contributed by atoms with Gasteiger partial charge >= 0.3 is 0 Å². The first-order valence-corrected chi connectivity index (χ1v) is 6.12. The molecule has 0 aliphatic carbocycles. The number of aromatic nitrogens is 2. The molecule has 96 valence electrons. The summed E-state index contributed by atoms with van der Waals surface area (Å²) >= 11 is 0. The molecule has 0 saturated heterocycles. The zero-order valence-electron chi connectivity index (χ0n) is 11.8. The molecule has 0 unspecified atom stereocenters. The van der Waals surface area contributed by atoms with E-state index in [1.165, 1.54) is 0 Å². The molecule has 0 spiro atoms. The van der Waals surface area contributed by atoms with E-state index in [9.17, 15) is 0 Å². The second-order valence-corrected chi connectivity index (χ2v) is 5.65. The fourth-order valence-electron chi connectivity index (χ4n) is 1.85. The third-order valence-electron chi connectivity index (χ3n) is 2.35. The van der Waals surface area contributed by atoms with Gasteiger partial charge in [0, 0.05) is 31.9 Å². The van der Waals surface area contributed by atoms with E-state index >= 15 is 0 Å². The highest BCUT2D eigenvalue weighted by Crippen LogP contribution is 2.21. The molecule has 1 aromatic rings. The van der Waals surface area contributed by atoms with Crippen LogP contribution in [0.2, 0.25) is 0 Å². The lowest BCUT2D eigenvalue weighted by atomic mass is 9.96. The molecule has 0 bridgehead atoms. The van der Waals surface area contributed by atoms with Crippen LogP contribution in [-0.2, 0) is 0 Å². The fraction of sp³-hybridized carbons (Fsp3) is 0.692. The largest absolute Gasteiger partial charge is 0.359 e. The van der Waals surface area contributed by atoms with Gasteiger partial charge in [-0.2, -0.15) is 4.98 Å². The minimum Gasteiger partial charge on any atom is -0.359 e. The first-order chi connectivity index (χ1) is 7.83. The highest BCUT2D eigenvalue weighted by atomic mass is 15.2. The van der Waals surface area contributed by atoms with Gasteiger partial charge in [-0.05, 0) is 19.3 Å². The number of rotatable bonds is 4. The maximum absolute atomic E-state index is 4.55. The van der Waals surface area contributed by atoms with Crippen LogP contribution in [0.5, 0.6) is 0 Å². The van der Waals surface area contributed by atoms with Gasteiger partial charge in [0.2, 0.25) is 5.95 Å². The van der Waals surface area contributed by atoms with E-state index in [2.05, 4.69) is 48.0 Å². The van der Waals surface area contributed by atoms with E-state index in [0.29, 0.717) is 5.95 Å². The van der Waals surface area contributed by atoms with Crippen molar-refractivity contribution in [2.45, 2.75) is 34.6 Å². The zero-order valence-corrected chi connectivity index (χ0v) is 11.8. The van der Waals surface area contributed by atoms with E-state index in [4.69, 9.17) is 0 Å². The first kappa shape index (κ1) is 13.7. The Morgan fingerprint density at radius 2 is 2.00 bits per heavy atom. The van der Waals surface area contributed by atoms with Crippen LogP contribution in [0.4, 0.5) is 11.8 Å². The van der Waals surface area contributed by atoms with Gasteiger partial charge in [0.05, 0.1) is 0 Å². The van der Waals surface area contributed by atoms with Crippen LogP contribution in [0.15, 0.2) is 6.20 Å². The maximum atomic E-state index is 4.55. The van der Waals surface area contributed by atoms with Crippen molar-refractivity contribution in [3.8, 4) is 0 Å². The summed E-state index contributed by atoms with van der Waals surface area (Å²) in [6.45, 7) is 12.6. The SMILES string of the molecule is CCNc1ncc(C)c(N(C)CC(C)(C)C)n1. The minimum absolute atomic E-state index is 0.254. The summed E-state index contributed by atoms with van der Waals surface area (Å²) in [5, 5.41) is 3.14. The molecule has 0 fully saturated rings. The molecule has 4 heteroatoms. The van der Waals surface area contributed by atoms with Gasteiger partial charge in [0.1, 0.15) is 5.82 Å². The summed E-state index contributed by atoms with van der Waals surface area (Å²) in [6, 6.07) is 0. The van der Waals surface area contributed by atoms with Crippen LogP contribution in [0.25, 0.3) is 0 Å². The highest BCUT2D eigenvalue weighted by Gasteiger charge is 2.16. The van der Waals surface area contributed by atoms with Crippen molar-refractivity contribution in [2.24, 2.45) is 5.41 Å². The molecule has 0 aliphatic heterocycles. The minimum atomic E-state index is 0.254. The Balaban J connectivity index is 2.91. The number of nitrogens with one attached hydrogen (secondary N) is 1. The predicted octanol–water partition coefficient (Wildman–Crippen LogP) is 2.70. The quantitative estimate of drug-likeness (QED) is 0.872. The molecular weight excluding hydrogens is 212 g/mol. The molecule has 0 aromatic carbocycles. The Hall–Kier alpha value is -1.32. The van der Waals surface area contributed by atoms with Crippen LogP contribution in [0.3, 0.4) is 0 Å². The third kappa shape index (κ3) is 4.21. The van der Waals surface area contributed by atoms with Gasteiger partial charge in [-0.15, -0.1) is 0 Å². The first-order valence-electron chi connectivity index (χ1n) is 6.12. The standard InChI is InChI=1S/C13H24N4/c1-7-14-12-15-8-10(2)11(16-12)17(6)9-13(3,4)5/h8H,7,9H2,1-6H3,(H,14,15,16). The Morgan fingerprint density at radius 3 is 2.53 bits per heavy atom. The van der Waals surface area contributed by atoms with Gasteiger partial charge in [0.25, 0.3) is 0 Å². The summed E-state index contributed by atoms with van der Waals surface area (Å²) < 4.78 is 0. The smallest absolute Gasteiger partial charge is 0.224 e. The van der Waals surface area contributed by atoms with Crippen molar-refractivity contribution in [3.63, 3.8) is 0 Å². The number of hydrogen-bond acceptors (Lipinski definition) is 4. The van der Waals surface area contributed by atoms with Crippen molar-refractivity contribution in [1.82, 2.24) is 9.97 Å². The second-order valence-electron chi connectivity index (χ2n) is 5.65. The van der Waals surface area contributed by atoms with Gasteiger partial charge in [0.15, 0.2) is 0 Å².